The molecule has 0 aliphatic heterocycles. The predicted octanol–water partition coefficient (Wildman–Crippen LogP) is 4.56. The monoisotopic (exact) mass is 466 g/mol. The van der Waals surface area contributed by atoms with Gasteiger partial charge in [-0.2, -0.15) is 13.2 Å². The third-order valence-corrected chi connectivity index (χ3v) is 5.20. The smallest absolute Gasteiger partial charge is 0.416 e. The number of methoxy groups -OCH3 is 1. The number of hydrogen-bond donors (Lipinski definition) is 1. The molecule has 2 aromatic carbocycles. The molecule has 3 rings (SSSR count). The lowest BCUT2D eigenvalue weighted by atomic mass is 10.2. The van der Waals surface area contributed by atoms with Crippen LogP contribution in [-0.2, 0) is 22.3 Å². The molecule has 1 N–H and O–H groups in total. The fourth-order valence-corrected chi connectivity index (χ4v) is 3.58. The van der Waals surface area contributed by atoms with Crippen molar-refractivity contribution in [3.05, 3.63) is 59.9 Å². The molecule has 0 aliphatic carbocycles. The number of carbonyl (C=O) groups is 1. The van der Waals surface area contributed by atoms with Crippen LogP contribution in [0.4, 0.5) is 18.9 Å². The lowest BCUT2D eigenvalue weighted by Gasteiger charge is -2.13. The van der Waals surface area contributed by atoms with E-state index < -0.39 is 11.7 Å². The summed E-state index contributed by atoms with van der Waals surface area (Å²) in [7, 11) is 1.55. The van der Waals surface area contributed by atoms with Crippen molar-refractivity contribution in [1.82, 2.24) is 14.8 Å². The third kappa shape index (κ3) is 5.94. The molecule has 1 aromatic heterocycles. The summed E-state index contributed by atoms with van der Waals surface area (Å²) < 4.78 is 50.8. The van der Waals surface area contributed by atoms with Crippen molar-refractivity contribution in [3.63, 3.8) is 0 Å². The van der Waals surface area contributed by atoms with Crippen molar-refractivity contribution in [2.45, 2.75) is 24.8 Å². The van der Waals surface area contributed by atoms with Gasteiger partial charge < -0.3 is 14.8 Å². The molecular formula is C21H21F3N4O3S. The lowest BCUT2D eigenvalue weighted by molar-refractivity contribution is -0.140. The van der Waals surface area contributed by atoms with E-state index in [-0.39, 0.29) is 24.9 Å². The number of alkyl halides is 3. The number of hydrogen-bond acceptors (Lipinski definition) is 7. The topological polar surface area (TPSA) is 78.3 Å². The van der Waals surface area contributed by atoms with Gasteiger partial charge in [0.25, 0.3) is 0 Å². The summed E-state index contributed by atoms with van der Waals surface area (Å²) in [5.74, 6) is 0.777. The highest BCUT2D eigenvalue weighted by atomic mass is 32.2. The van der Waals surface area contributed by atoms with Crippen LogP contribution in [0.2, 0.25) is 0 Å². The number of nitrogens with zero attached hydrogens (tertiary/aromatic N) is 3. The number of esters is 1. The predicted molar refractivity (Wildman–Crippen MR) is 114 cm³/mol. The van der Waals surface area contributed by atoms with E-state index in [1.807, 2.05) is 0 Å². The normalized spacial score (nSPS) is 11.3. The number of thioether (sulfide) groups is 1. The zero-order valence-corrected chi connectivity index (χ0v) is 18.2. The Hall–Kier alpha value is -3.21. The largest absolute Gasteiger partial charge is 0.497 e. The Morgan fingerprint density at radius 2 is 1.91 bits per heavy atom. The van der Waals surface area contributed by atoms with Gasteiger partial charge in [0.1, 0.15) is 5.75 Å². The van der Waals surface area contributed by atoms with Gasteiger partial charge in [0.15, 0.2) is 11.0 Å². The Morgan fingerprint density at radius 1 is 1.16 bits per heavy atom. The van der Waals surface area contributed by atoms with E-state index >= 15 is 0 Å². The number of nitrogens with one attached hydrogen (secondary N) is 1. The molecule has 0 unspecified atom stereocenters. The summed E-state index contributed by atoms with van der Waals surface area (Å²) >= 11 is 1.16. The van der Waals surface area contributed by atoms with Crippen LogP contribution in [0.25, 0.3) is 5.69 Å². The summed E-state index contributed by atoms with van der Waals surface area (Å²) in [5, 5.41) is 11.7. The number of anilines is 1. The molecule has 0 radical (unpaired) electrons. The summed E-state index contributed by atoms with van der Waals surface area (Å²) in [6, 6.07) is 12.0. The Kier molecular flexibility index (Phi) is 7.62. The fraction of sp³-hybridized carbons (Fsp3) is 0.286. The van der Waals surface area contributed by atoms with Gasteiger partial charge in [-0.3, -0.25) is 9.36 Å². The van der Waals surface area contributed by atoms with Gasteiger partial charge in [0.2, 0.25) is 0 Å². The number of halogens is 3. The van der Waals surface area contributed by atoms with E-state index in [9.17, 15) is 18.0 Å². The van der Waals surface area contributed by atoms with Crippen LogP contribution in [0.5, 0.6) is 5.75 Å². The first-order valence-corrected chi connectivity index (χ1v) is 10.6. The van der Waals surface area contributed by atoms with Gasteiger partial charge in [0.05, 0.1) is 31.6 Å². The Labute approximate surface area is 186 Å². The standard InChI is InChI=1S/C21H21F3N4O3S/c1-3-31-19(29)13-32-20-27-26-18(28(20)16-7-9-17(30-2)10-8-16)12-25-15-6-4-5-14(11-15)21(22,23)24/h4-11,25H,3,12-13H2,1-2H3. The SMILES string of the molecule is CCOC(=O)CSc1nnc(CNc2cccc(C(F)(F)F)c2)n1-c1ccc(OC)cc1. The van der Waals surface area contributed by atoms with Crippen LogP contribution in [0.3, 0.4) is 0 Å². The van der Waals surface area contributed by atoms with Gasteiger partial charge in [0, 0.05) is 11.4 Å². The number of ether oxygens (including phenoxy) is 2. The van der Waals surface area contributed by atoms with Crippen molar-refractivity contribution in [2.24, 2.45) is 0 Å². The van der Waals surface area contributed by atoms with E-state index in [4.69, 9.17) is 9.47 Å². The minimum atomic E-state index is -4.43. The average molecular weight is 466 g/mol. The van der Waals surface area contributed by atoms with Gasteiger partial charge in [-0.15, -0.1) is 10.2 Å². The maximum Gasteiger partial charge on any atom is 0.416 e. The first kappa shape index (κ1) is 23.5. The van der Waals surface area contributed by atoms with Crippen LogP contribution >= 0.6 is 11.8 Å². The van der Waals surface area contributed by atoms with E-state index in [0.29, 0.717) is 28.1 Å². The average Bonchev–Trinajstić information content (AvgIpc) is 3.19. The first-order valence-electron chi connectivity index (χ1n) is 9.60. The highest BCUT2D eigenvalue weighted by molar-refractivity contribution is 7.99. The maximum absolute atomic E-state index is 13.0. The second kappa shape index (κ2) is 10.4. The molecule has 0 saturated heterocycles. The molecule has 0 aliphatic rings. The molecule has 1 heterocycles. The van der Waals surface area contributed by atoms with Crippen LogP contribution in [-0.4, -0.2) is 40.2 Å². The van der Waals surface area contributed by atoms with Gasteiger partial charge in [-0.25, -0.2) is 0 Å². The van der Waals surface area contributed by atoms with E-state index in [1.54, 1.807) is 48.9 Å². The molecule has 0 spiro atoms. The molecule has 11 heteroatoms. The molecule has 3 aromatic rings. The highest BCUT2D eigenvalue weighted by Crippen LogP contribution is 2.31. The third-order valence-electron chi connectivity index (χ3n) is 4.30. The van der Waals surface area contributed by atoms with E-state index in [0.717, 1.165) is 23.9 Å². The zero-order valence-electron chi connectivity index (χ0n) is 17.3. The number of benzene rings is 2. The zero-order chi connectivity index (χ0) is 23.1. The Balaban J connectivity index is 1.85. The Bertz CT molecular complexity index is 1060. The molecule has 7 nitrogen and oxygen atoms in total. The second-order valence-corrected chi connectivity index (χ2v) is 7.40. The number of rotatable bonds is 9. The molecule has 170 valence electrons. The fourth-order valence-electron chi connectivity index (χ4n) is 2.81. The van der Waals surface area contributed by atoms with E-state index in [1.165, 1.54) is 6.07 Å². The summed E-state index contributed by atoms with van der Waals surface area (Å²) in [4.78, 5) is 11.8. The minimum absolute atomic E-state index is 0.0448. The van der Waals surface area contributed by atoms with E-state index in [2.05, 4.69) is 15.5 Å². The Morgan fingerprint density at radius 3 is 2.56 bits per heavy atom. The lowest BCUT2D eigenvalue weighted by Crippen LogP contribution is -2.11. The van der Waals surface area contributed by atoms with Crippen molar-refractivity contribution in [3.8, 4) is 11.4 Å². The molecule has 0 bridgehead atoms. The molecule has 0 atom stereocenters. The van der Waals surface area contributed by atoms with Crippen molar-refractivity contribution in [2.75, 3.05) is 24.8 Å². The van der Waals surface area contributed by atoms with Crippen molar-refractivity contribution in [1.29, 1.82) is 0 Å². The molecule has 0 amide bonds. The quantitative estimate of drug-likeness (QED) is 0.366. The van der Waals surface area contributed by atoms with Gasteiger partial charge >= 0.3 is 12.1 Å². The van der Waals surface area contributed by atoms with Gasteiger partial charge in [-0.05, 0) is 49.4 Å². The number of carbonyl (C=O) groups excluding carboxylic acids is 1. The molecule has 32 heavy (non-hydrogen) atoms. The number of aromatic nitrogens is 3. The van der Waals surface area contributed by atoms with Crippen molar-refractivity contribution < 1.29 is 27.4 Å². The first-order chi connectivity index (χ1) is 15.3. The summed E-state index contributed by atoms with van der Waals surface area (Å²) in [6.07, 6.45) is -4.43. The van der Waals surface area contributed by atoms with Crippen LogP contribution in [0.1, 0.15) is 18.3 Å². The summed E-state index contributed by atoms with van der Waals surface area (Å²) in [6.45, 7) is 2.11. The maximum atomic E-state index is 13.0. The van der Waals surface area contributed by atoms with Crippen LogP contribution in [0.15, 0.2) is 53.7 Å². The minimum Gasteiger partial charge on any atom is -0.497 e. The highest BCUT2D eigenvalue weighted by Gasteiger charge is 2.30. The van der Waals surface area contributed by atoms with Gasteiger partial charge in [-0.1, -0.05) is 17.8 Å². The van der Waals surface area contributed by atoms with Crippen LogP contribution in [0, 0.1) is 0 Å². The summed E-state index contributed by atoms with van der Waals surface area (Å²) in [5.41, 5.74) is 0.262. The second-order valence-electron chi connectivity index (χ2n) is 6.46. The molecular weight excluding hydrogens is 445 g/mol. The molecule has 0 fully saturated rings. The van der Waals surface area contributed by atoms with Crippen molar-refractivity contribution >= 4 is 23.4 Å². The molecule has 0 saturated carbocycles. The van der Waals surface area contributed by atoms with Crippen LogP contribution < -0.4 is 10.1 Å².